The molecule has 4 aromatic rings. The lowest BCUT2D eigenvalue weighted by atomic mass is 9.73. The number of aromatic nitrogens is 4. The Hall–Kier alpha value is -3.85. The van der Waals surface area contributed by atoms with Crippen LogP contribution in [0.3, 0.4) is 0 Å². The number of nitrogens with zero attached hydrogens (tertiary/aromatic N) is 4. The number of carbonyl (C=O) groups excluding carboxylic acids is 2. The number of hydrogen-bond acceptors (Lipinski definition) is 12. The summed E-state index contributed by atoms with van der Waals surface area (Å²) in [6, 6.07) is 16.9. The molecule has 0 aliphatic carbocycles. The lowest BCUT2D eigenvalue weighted by Crippen LogP contribution is -2.46. The average Bonchev–Trinajstić information content (AvgIpc) is 3.38. The van der Waals surface area contributed by atoms with Gasteiger partial charge < -0.3 is 19.8 Å². The summed E-state index contributed by atoms with van der Waals surface area (Å²) in [6.45, 7) is 13.4. The third-order valence-electron chi connectivity index (χ3n) is 10.5. The van der Waals surface area contributed by atoms with Crippen molar-refractivity contribution in [2.24, 2.45) is 17.3 Å². The van der Waals surface area contributed by atoms with Crippen molar-refractivity contribution in [1.82, 2.24) is 25.6 Å². The van der Waals surface area contributed by atoms with Crippen LogP contribution in [0, 0.1) is 24.2 Å². The van der Waals surface area contributed by atoms with Crippen LogP contribution in [-0.4, -0.2) is 72.1 Å². The van der Waals surface area contributed by atoms with Gasteiger partial charge in [-0.15, -0.1) is 16.4 Å². The molecule has 2 aromatic carbocycles. The number of fused-ring (bicyclic) bond motifs is 1. The molecule has 1 saturated heterocycles. The molecule has 1 aliphatic heterocycles. The van der Waals surface area contributed by atoms with E-state index in [2.05, 4.69) is 40.7 Å². The highest BCUT2D eigenvalue weighted by Gasteiger charge is 2.52. The molecule has 3 heterocycles. The lowest BCUT2D eigenvalue weighted by molar-refractivity contribution is -0.152. The molecular weight excluding hydrogens is 695 g/mol. The number of Topliss-reactive ketones (excluding diaryl/α,β-unsaturated/α-hetero) is 1. The van der Waals surface area contributed by atoms with E-state index < -0.39 is 35.9 Å². The van der Waals surface area contributed by atoms with E-state index in [0.717, 1.165) is 45.9 Å². The predicted molar refractivity (Wildman–Crippen MR) is 203 cm³/mol. The topological polar surface area (TPSA) is 161 Å². The third-order valence-corrected chi connectivity index (χ3v) is 11.3. The number of hydrogen-bond donors (Lipinski definition) is 3. The summed E-state index contributed by atoms with van der Waals surface area (Å²) < 4.78 is 6.26. The number of epoxide rings is 1. The molecule has 0 radical (unpaired) electrons. The number of thiazole rings is 1. The summed E-state index contributed by atoms with van der Waals surface area (Å²) in [5.41, 5.74) is 5.82. The van der Waals surface area contributed by atoms with E-state index in [4.69, 9.17) is 14.4 Å². The number of rotatable bonds is 20. The van der Waals surface area contributed by atoms with Crippen LogP contribution in [-0.2, 0) is 25.8 Å². The summed E-state index contributed by atoms with van der Waals surface area (Å²) in [5, 5.41) is 33.1. The molecule has 286 valence electrons. The summed E-state index contributed by atoms with van der Waals surface area (Å²) in [4.78, 5) is 43.1. The van der Waals surface area contributed by atoms with Crippen LogP contribution in [0.4, 0.5) is 0 Å². The summed E-state index contributed by atoms with van der Waals surface area (Å²) in [7, 11) is 0. The molecule has 3 N–H and O–H groups in total. The Kier molecular flexibility index (Phi) is 13.3. The van der Waals surface area contributed by atoms with Gasteiger partial charge in [0.25, 0.3) is 0 Å². The fourth-order valence-corrected chi connectivity index (χ4v) is 7.31. The molecule has 53 heavy (non-hydrogen) atoms. The van der Waals surface area contributed by atoms with Gasteiger partial charge in [-0.1, -0.05) is 87.0 Å². The maximum atomic E-state index is 13.6. The molecule has 0 bridgehead atoms. The van der Waals surface area contributed by atoms with Gasteiger partial charge in [0, 0.05) is 11.3 Å². The van der Waals surface area contributed by atoms with Crippen molar-refractivity contribution < 1.29 is 34.2 Å². The number of nitrogens with one attached hydrogen (secondary N) is 1. The van der Waals surface area contributed by atoms with E-state index in [0.29, 0.717) is 24.1 Å². The Balaban J connectivity index is 1.09. The van der Waals surface area contributed by atoms with Crippen LogP contribution in [0.2, 0.25) is 0 Å². The van der Waals surface area contributed by atoms with Crippen LogP contribution in [0.1, 0.15) is 89.9 Å². The zero-order valence-corrected chi connectivity index (χ0v) is 32.5. The smallest absolute Gasteiger partial charge is 0.337 e. The zero-order valence-electron chi connectivity index (χ0n) is 31.7. The molecular formula is C40H53N5O7S. The van der Waals surface area contributed by atoms with Crippen molar-refractivity contribution in [2.75, 3.05) is 0 Å². The molecule has 5 rings (SSSR count). The predicted octanol–water partition coefficient (Wildman–Crippen LogP) is 6.04. The number of aryl methyl sites for hydroxylation is 1. The molecule has 13 heteroatoms. The van der Waals surface area contributed by atoms with E-state index in [9.17, 15) is 19.8 Å². The minimum absolute atomic E-state index is 0.0267. The first-order chi connectivity index (χ1) is 25.2. The number of para-hydroxylation sites is 1. The van der Waals surface area contributed by atoms with Crippen LogP contribution < -0.4 is 10.3 Å². The van der Waals surface area contributed by atoms with Crippen LogP contribution >= 0.6 is 11.3 Å². The van der Waals surface area contributed by atoms with E-state index >= 15 is 0 Å². The Morgan fingerprint density at radius 2 is 1.85 bits per heavy atom. The summed E-state index contributed by atoms with van der Waals surface area (Å²) in [6.07, 6.45) is 2.44. The monoisotopic (exact) mass is 747 g/mol. The molecule has 7 unspecified atom stereocenters. The molecule has 0 amide bonds. The van der Waals surface area contributed by atoms with Crippen molar-refractivity contribution in [3.05, 3.63) is 81.8 Å². The van der Waals surface area contributed by atoms with E-state index in [1.807, 2.05) is 49.6 Å². The lowest BCUT2D eigenvalue weighted by Gasteiger charge is -2.34. The average molecular weight is 748 g/mol. The van der Waals surface area contributed by atoms with E-state index in [1.165, 1.54) is 0 Å². The van der Waals surface area contributed by atoms with Crippen molar-refractivity contribution in [3.63, 3.8) is 0 Å². The fourth-order valence-electron chi connectivity index (χ4n) is 6.74. The normalized spacial score (nSPS) is 20.5. The van der Waals surface area contributed by atoms with Crippen molar-refractivity contribution in [2.45, 2.75) is 117 Å². The maximum Gasteiger partial charge on any atom is 0.337 e. The Bertz CT molecular complexity index is 1860. The quantitative estimate of drug-likeness (QED) is 0.0549. The minimum Gasteiger partial charge on any atom is -0.392 e. The third kappa shape index (κ3) is 10.4. The Morgan fingerprint density at radius 3 is 2.57 bits per heavy atom. The number of ketones is 1. The van der Waals surface area contributed by atoms with Gasteiger partial charge in [-0.05, 0) is 74.9 Å². The molecule has 7 atom stereocenters. The van der Waals surface area contributed by atoms with Crippen molar-refractivity contribution in [3.8, 4) is 0 Å². The van der Waals surface area contributed by atoms with Crippen LogP contribution in [0.25, 0.3) is 17.1 Å². The second-order valence-electron chi connectivity index (χ2n) is 15.1. The number of ether oxygens (including phenoxy) is 1. The van der Waals surface area contributed by atoms with Gasteiger partial charge in [-0.25, -0.2) is 9.78 Å². The number of aliphatic hydroxyl groups excluding tert-OH is 2. The largest absolute Gasteiger partial charge is 0.392 e. The zero-order chi connectivity index (χ0) is 38.3. The Labute approximate surface area is 315 Å². The highest BCUT2D eigenvalue weighted by molar-refractivity contribution is 7.09. The van der Waals surface area contributed by atoms with Crippen LogP contribution in [0.15, 0.2) is 65.6 Å². The maximum absolute atomic E-state index is 13.6. The van der Waals surface area contributed by atoms with Gasteiger partial charge in [-0.3, -0.25) is 9.63 Å². The summed E-state index contributed by atoms with van der Waals surface area (Å²) in [5.74, 6) is -2.03. The van der Waals surface area contributed by atoms with Crippen molar-refractivity contribution >= 4 is 40.2 Å². The first-order valence-electron chi connectivity index (χ1n) is 18.3. The standard InChI is InChI=1S/C40H53N5O7S/c1-25(37(48)27(3)38(49)39(5,6)34(46)22-36(47)52-45-33-18-12-11-17-31(33)42-44-45)14-13-19-40(7)35(51-40)21-32(26(2)20-30-24-53-28(4)41-30)43-50-23-29-15-9-8-10-16-29/h8-12,15-18,20,24-25,27,32,34-35,37,43,46,48H,13-14,19,21-23H2,1-7H3. The van der Waals surface area contributed by atoms with E-state index in [-0.39, 0.29) is 29.4 Å². The van der Waals surface area contributed by atoms with Crippen LogP contribution in [0.5, 0.6) is 0 Å². The number of aliphatic hydroxyl groups is 2. The fraction of sp³-hybridized carbons (Fsp3) is 0.525. The SMILES string of the molecule is CC(=Cc1csc(C)n1)C(CC1OC1(C)CCCC(C)C(O)C(C)C(=O)C(C)(C)C(O)CC(=O)On1nnc2ccccc21)NOCc1ccccc1. The van der Waals surface area contributed by atoms with Gasteiger partial charge in [-0.2, -0.15) is 5.48 Å². The first kappa shape index (κ1) is 40.3. The highest BCUT2D eigenvalue weighted by atomic mass is 32.1. The number of carbonyl (C=O) groups is 2. The number of benzene rings is 2. The molecule has 0 saturated carbocycles. The van der Waals surface area contributed by atoms with Gasteiger partial charge in [0.15, 0.2) is 0 Å². The molecule has 1 aliphatic rings. The van der Waals surface area contributed by atoms with Crippen molar-refractivity contribution in [1.29, 1.82) is 0 Å². The van der Waals surface area contributed by atoms with Gasteiger partial charge in [0.05, 0.1) is 59.1 Å². The molecule has 12 nitrogen and oxygen atoms in total. The molecule has 0 spiro atoms. The number of hydroxylamine groups is 1. The summed E-state index contributed by atoms with van der Waals surface area (Å²) >= 11 is 1.62. The Morgan fingerprint density at radius 1 is 1.13 bits per heavy atom. The van der Waals surface area contributed by atoms with Gasteiger partial charge in [0.1, 0.15) is 16.8 Å². The highest BCUT2D eigenvalue weighted by Crippen LogP contribution is 2.44. The molecule has 1 fully saturated rings. The first-order valence-corrected chi connectivity index (χ1v) is 19.2. The molecule has 2 aromatic heterocycles. The second kappa shape index (κ2) is 17.5. The van der Waals surface area contributed by atoms with Gasteiger partial charge >= 0.3 is 5.97 Å². The second-order valence-corrected chi connectivity index (χ2v) is 16.2. The van der Waals surface area contributed by atoms with Gasteiger partial charge in [0.2, 0.25) is 0 Å². The minimum atomic E-state index is -1.34. The van der Waals surface area contributed by atoms with E-state index in [1.54, 1.807) is 56.4 Å².